The lowest BCUT2D eigenvalue weighted by molar-refractivity contribution is -0.139. The average Bonchev–Trinajstić information content (AvgIpc) is 3.21. The molecule has 3 aromatic rings. The molecule has 35 heavy (non-hydrogen) atoms. The van der Waals surface area contributed by atoms with E-state index in [9.17, 15) is 26.0 Å². The van der Waals surface area contributed by atoms with Crippen LogP contribution in [0.25, 0.3) is 11.0 Å². The molecule has 0 amide bonds. The maximum Gasteiger partial charge on any atom is 0.417 e. The van der Waals surface area contributed by atoms with Crippen LogP contribution in [0.3, 0.4) is 0 Å². The zero-order chi connectivity index (χ0) is 25.4. The standard InChI is InChI=1S/C22H22Cl2F4N4O2S/c23-16-11-15(22(26,27)28)20(12-17(16)24)35(33,34)29-6-1-7-32-8-4-13(5-9-32)21-30-18-3-2-14(25)10-19(18)31-21/h2-3,10-13,29H,1,4-9H2,(H,30,31). The van der Waals surface area contributed by atoms with Gasteiger partial charge >= 0.3 is 6.18 Å². The summed E-state index contributed by atoms with van der Waals surface area (Å²) in [5.74, 6) is 0.697. The Bertz CT molecular complexity index is 1320. The number of halogens is 6. The summed E-state index contributed by atoms with van der Waals surface area (Å²) in [7, 11) is -4.45. The molecule has 2 N–H and O–H groups in total. The van der Waals surface area contributed by atoms with Crippen molar-refractivity contribution in [2.24, 2.45) is 0 Å². The molecule has 1 aliphatic rings. The summed E-state index contributed by atoms with van der Waals surface area (Å²) in [5, 5.41) is -0.659. The number of imidazole rings is 1. The highest BCUT2D eigenvalue weighted by molar-refractivity contribution is 7.89. The number of nitrogens with zero attached hydrogens (tertiary/aromatic N) is 2. The Kier molecular flexibility index (Phi) is 7.63. The minimum atomic E-state index is -4.91. The number of aromatic nitrogens is 2. The SMILES string of the molecule is O=S(=O)(NCCCN1CCC(c2nc3ccc(F)cc3[nH]2)CC1)c1cc(Cl)c(Cl)cc1C(F)(F)F. The number of benzene rings is 2. The first-order valence-corrected chi connectivity index (χ1v) is 13.1. The van der Waals surface area contributed by atoms with Crippen molar-refractivity contribution >= 4 is 44.3 Å². The zero-order valence-electron chi connectivity index (χ0n) is 18.3. The third kappa shape index (κ3) is 6.08. The van der Waals surface area contributed by atoms with Gasteiger partial charge < -0.3 is 9.88 Å². The van der Waals surface area contributed by atoms with Gasteiger partial charge in [0.25, 0.3) is 0 Å². The summed E-state index contributed by atoms with van der Waals surface area (Å²) in [4.78, 5) is 8.95. The van der Waals surface area contributed by atoms with Crippen molar-refractivity contribution in [3.8, 4) is 0 Å². The van der Waals surface area contributed by atoms with Crippen LogP contribution in [0.4, 0.5) is 17.6 Å². The molecule has 2 heterocycles. The second-order valence-electron chi connectivity index (χ2n) is 8.41. The normalized spacial score (nSPS) is 16.3. The van der Waals surface area contributed by atoms with E-state index < -0.39 is 26.7 Å². The van der Waals surface area contributed by atoms with Crippen molar-refractivity contribution in [3.05, 3.63) is 57.6 Å². The largest absolute Gasteiger partial charge is 0.417 e. The van der Waals surface area contributed by atoms with Gasteiger partial charge in [0.1, 0.15) is 11.6 Å². The molecule has 1 aliphatic heterocycles. The van der Waals surface area contributed by atoms with Gasteiger partial charge in [0.05, 0.1) is 31.5 Å². The summed E-state index contributed by atoms with van der Waals surface area (Å²) in [6, 6.07) is 5.65. The number of likely N-dealkylation sites (tertiary alicyclic amines) is 1. The molecular weight excluding hydrogens is 531 g/mol. The first-order chi connectivity index (χ1) is 16.4. The molecule has 0 atom stereocenters. The third-order valence-corrected chi connectivity index (χ3v) is 8.22. The van der Waals surface area contributed by atoms with E-state index in [1.165, 1.54) is 12.1 Å². The second kappa shape index (κ2) is 10.2. The van der Waals surface area contributed by atoms with E-state index >= 15 is 0 Å². The van der Waals surface area contributed by atoms with E-state index in [0.29, 0.717) is 36.1 Å². The quantitative estimate of drug-likeness (QED) is 0.296. The summed E-state index contributed by atoms with van der Waals surface area (Å²) in [5.41, 5.74) is 0.00642. The molecule has 1 aromatic heterocycles. The molecule has 0 bridgehead atoms. The predicted octanol–water partition coefficient (Wildman–Crippen LogP) is 5.58. The van der Waals surface area contributed by atoms with Crippen molar-refractivity contribution in [2.45, 2.75) is 36.3 Å². The predicted molar refractivity (Wildman–Crippen MR) is 126 cm³/mol. The highest BCUT2D eigenvalue weighted by Gasteiger charge is 2.38. The first-order valence-electron chi connectivity index (χ1n) is 10.9. The van der Waals surface area contributed by atoms with Crippen molar-refractivity contribution in [2.75, 3.05) is 26.2 Å². The number of hydrogen-bond donors (Lipinski definition) is 2. The molecule has 1 fully saturated rings. The topological polar surface area (TPSA) is 78.1 Å². The number of alkyl halides is 3. The fourth-order valence-corrected chi connectivity index (χ4v) is 5.88. The van der Waals surface area contributed by atoms with Crippen LogP contribution in [0.15, 0.2) is 35.2 Å². The fraction of sp³-hybridized carbons (Fsp3) is 0.409. The molecule has 0 spiro atoms. The van der Waals surface area contributed by atoms with Crippen LogP contribution in [0.2, 0.25) is 10.0 Å². The second-order valence-corrected chi connectivity index (χ2v) is 11.0. The number of H-pyrrole nitrogens is 1. The Morgan fingerprint density at radius 1 is 1.11 bits per heavy atom. The van der Waals surface area contributed by atoms with Crippen molar-refractivity contribution in [3.63, 3.8) is 0 Å². The zero-order valence-corrected chi connectivity index (χ0v) is 20.6. The number of aromatic amines is 1. The number of sulfonamides is 1. The van der Waals surface area contributed by atoms with E-state index in [1.807, 2.05) is 0 Å². The van der Waals surface area contributed by atoms with Crippen LogP contribution in [-0.2, 0) is 16.2 Å². The summed E-state index contributed by atoms with van der Waals surface area (Å²) < 4.78 is 80.7. The van der Waals surface area contributed by atoms with Gasteiger partial charge in [-0.25, -0.2) is 22.5 Å². The molecule has 0 unspecified atom stereocenters. The van der Waals surface area contributed by atoms with Crippen LogP contribution >= 0.6 is 23.2 Å². The Labute approximate surface area is 209 Å². The maximum absolute atomic E-state index is 13.4. The average molecular weight is 553 g/mol. The smallest absolute Gasteiger partial charge is 0.342 e. The molecule has 1 saturated heterocycles. The van der Waals surface area contributed by atoms with E-state index in [1.54, 1.807) is 6.07 Å². The van der Waals surface area contributed by atoms with Crippen LogP contribution < -0.4 is 4.72 Å². The van der Waals surface area contributed by atoms with Crippen LogP contribution in [0.1, 0.15) is 36.6 Å². The highest BCUT2D eigenvalue weighted by Crippen LogP contribution is 2.38. The third-order valence-electron chi connectivity index (χ3n) is 6.00. The monoisotopic (exact) mass is 552 g/mol. The van der Waals surface area contributed by atoms with Crippen LogP contribution in [0, 0.1) is 5.82 Å². The molecule has 0 aliphatic carbocycles. The minimum Gasteiger partial charge on any atom is -0.342 e. The molecule has 0 radical (unpaired) electrons. The fourth-order valence-electron chi connectivity index (χ4n) is 4.18. The van der Waals surface area contributed by atoms with Gasteiger partial charge in [0.2, 0.25) is 10.0 Å². The molecule has 6 nitrogen and oxygen atoms in total. The first kappa shape index (κ1) is 26.2. The van der Waals surface area contributed by atoms with Gasteiger partial charge in [-0.15, -0.1) is 0 Å². The van der Waals surface area contributed by atoms with E-state index in [0.717, 1.165) is 31.8 Å². The van der Waals surface area contributed by atoms with E-state index in [2.05, 4.69) is 19.6 Å². The molecule has 13 heteroatoms. The highest BCUT2D eigenvalue weighted by atomic mass is 35.5. The number of fused-ring (bicyclic) bond motifs is 1. The molecule has 2 aromatic carbocycles. The van der Waals surface area contributed by atoms with Crippen molar-refractivity contribution < 1.29 is 26.0 Å². The minimum absolute atomic E-state index is 0.0328. The van der Waals surface area contributed by atoms with Gasteiger partial charge in [0, 0.05) is 12.5 Å². The van der Waals surface area contributed by atoms with E-state index in [4.69, 9.17) is 23.2 Å². The number of piperidine rings is 1. The lowest BCUT2D eigenvalue weighted by Crippen LogP contribution is -2.36. The summed E-state index contributed by atoms with van der Waals surface area (Å²) in [6.45, 7) is 2.06. The maximum atomic E-state index is 13.4. The number of hydrogen-bond acceptors (Lipinski definition) is 4. The Balaban J connectivity index is 1.29. The Hall–Kier alpha value is -1.92. The van der Waals surface area contributed by atoms with Gasteiger partial charge in [-0.05, 0) is 69.2 Å². The van der Waals surface area contributed by atoms with E-state index in [-0.39, 0.29) is 28.3 Å². The van der Waals surface area contributed by atoms with Crippen molar-refractivity contribution in [1.82, 2.24) is 19.6 Å². The number of nitrogens with one attached hydrogen (secondary N) is 2. The van der Waals surface area contributed by atoms with Crippen LogP contribution in [0.5, 0.6) is 0 Å². The molecular formula is C22H22Cl2F4N4O2S. The Morgan fingerprint density at radius 3 is 2.49 bits per heavy atom. The van der Waals surface area contributed by atoms with Gasteiger partial charge in [-0.1, -0.05) is 23.2 Å². The van der Waals surface area contributed by atoms with Gasteiger partial charge in [-0.2, -0.15) is 13.2 Å². The van der Waals surface area contributed by atoms with Gasteiger partial charge in [-0.3, -0.25) is 0 Å². The summed E-state index contributed by atoms with van der Waals surface area (Å²) in [6.07, 6.45) is -2.84. The molecule has 4 rings (SSSR count). The number of rotatable bonds is 7. The van der Waals surface area contributed by atoms with Gasteiger partial charge in [0.15, 0.2) is 0 Å². The Morgan fingerprint density at radius 2 is 1.80 bits per heavy atom. The lowest BCUT2D eigenvalue weighted by Gasteiger charge is -2.31. The van der Waals surface area contributed by atoms with Crippen LogP contribution in [-0.4, -0.2) is 49.5 Å². The van der Waals surface area contributed by atoms with Crippen molar-refractivity contribution in [1.29, 1.82) is 0 Å². The molecule has 190 valence electrons. The summed E-state index contributed by atoms with van der Waals surface area (Å²) >= 11 is 11.4. The lowest BCUT2D eigenvalue weighted by atomic mass is 9.96. The molecule has 0 saturated carbocycles.